The summed E-state index contributed by atoms with van der Waals surface area (Å²) in [5, 5.41) is 9.87. The largest absolute Gasteiger partial charge is 0.281 e. The zero-order chi connectivity index (χ0) is 10.7. The van der Waals surface area contributed by atoms with Crippen LogP contribution in [0.1, 0.15) is 6.92 Å². The average molecular weight is 213 g/mol. The molecule has 1 N–H and O–H groups in total. The quantitative estimate of drug-likeness (QED) is 0.592. The summed E-state index contributed by atoms with van der Waals surface area (Å²) in [6.07, 6.45) is 1.49. The smallest absolute Gasteiger partial charge is 0.247 e. The van der Waals surface area contributed by atoms with E-state index in [1.807, 2.05) is 0 Å². The van der Waals surface area contributed by atoms with Gasteiger partial charge >= 0.3 is 0 Å². The van der Waals surface area contributed by atoms with Crippen molar-refractivity contribution < 1.29 is 14.2 Å². The maximum atomic E-state index is 11.3. The Morgan fingerprint density at radius 1 is 1.43 bits per heavy atom. The van der Waals surface area contributed by atoms with Crippen molar-refractivity contribution in [3.8, 4) is 0 Å². The zero-order valence-electron chi connectivity index (χ0n) is 7.93. The first kappa shape index (κ1) is 10.9. The standard InChI is InChI=1S/C9H11NO3S/c1-7(11)10(12)8-5-3-4-6-9(8)14(2)13/h3-6,12H,1-2H3. The van der Waals surface area contributed by atoms with Gasteiger partial charge in [0.25, 0.3) is 0 Å². The highest BCUT2D eigenvalue weighted by Gasteiger charge is 2.13. The first-order valence-corrected chi connectivity index (χ1v) is 5.52. The second-order valence-electron chi connectivity index (χ2n) is 2.75. The number of para-hydroxylation sites is 1. The molecule has 1 atom stereocenters. The van der Waals surface area contributed by atoms with Crippen LogP contribution in [0.15, 0.2) is 29.2 Å². The molecule has 1 rings (SSSR count). The lowest BCUT2D eigenvalue weighted by molar-refractivity contribution is -0.121. The Kier molecular flexibility index (Phi) is 3.38. The van der Waals surface area contributed by atoms with Gasteiger partial charge in [-0.05, 0) is 12.1 Å². The normalized spacial score (nSPS) is 12.2. The summed E-state index contributed by atoms with van der Waals surface area (Å²) in [4.78, 5) is 11.3. The fourth-order valence-electron chi connectivity index (χ4n) is 1.04. The summed E-state index contributed by atoms with van der Waals surface area (Å²) in [6, 6.07) is 6.52. The molecule has 0 fully saturated rings. The summed E-state index contributed by atoms with van der Waals surface area (Å²) in [5.41, 5.74) is 0.265. The minimum atomic E-state index is -1.23. The number of rotatable bonds is 2. The second-order valence-corrected chi connectivity index (χ2v) is 4.10. The van der Waals surface area contributed by atoms with Crippen LogP contribution in [0.2, 0.25) is 0 Å². The van der Waals surface area contributed by atoms with Crippen molar-refractivity contribution in [2.24, 2.45) is 0 Å². The molecule has 14 heavy (non-hydrogen) atoms. The molecular weight excluding hydrogens is 202 g/mol. The number of carbonyl (C=O) groups is 1. The topological polar surface area (TPSA) is 57.6 Å². The Bertz CT molecular complexity index is 378. The predicted octanol–water partition coefficient (Wildman–Crippen LogP) is 1.17. The van der Waals surface area contributed by atoms with Crippen molar-refractivity contribution in [3.05, 3.63) is 24.3 Å². The third-order valence-electron chi connectivity index (χ3n) is 1.70. The van der Waals surface area contributed by atoms with E-state index in [1.165, 1.54) is 19.2 Å². The molecule has 1 unspecified atom stereocenters. The first-order chi connectivity index (χ1) is 6.54. The van der Waals surface area contributed by atoms with E-state index < -0.39 is 16.7 Å². The van der Waals surface area contributed by atoms with E-state index in [4.69, 9.17) is 0 Å². The SMILES string of the molecule is CC(=O)N(O)c1ccccc1S(C)=O. The van der Waals surface area contributed by atoms with Gasteiger partial charge in [0.2, 0.25) is 5.91 Å². The molecule has 0 aliphatic heterocycles. The van der Waals surface area contributed by atoms with Crippen molar-refractivity contribution in [1.82, 2.24) is 0 Å². The van der Waals surface area contributed by atoms with Crippen LogP contribution in [0.3, 0.4) is 0 Å². The maximum absolute atomic E-state index is 11.3. The molecule has 0 bridgehead atoms. The number of hydroxylamine groups is 1. The van der Waals surface area contributed by atoms with Gasteiger partial charge in [-0.15, -0.1) is 0 Å². The molecule has 1 amide bonds. The van der Waals surface area contributed by atoms with Gasteiger partial charge in [-0.1, -0.05) is 12.1 Å². The van der Waals surface area contributed by atoms with Gasteiger partial charge in [0.15, 0.2) is 0 Å². The van der Waals surface area contributed by atoms with E-state index >= 15 is 0 Å². The fraction of sp³-hybridized carbons (Fsp3) is 0.222. The molecule has 76 valence electrons. The van der Waals surface area contributed by atoms with Crippen LogP contribution in [0.25, 0.3) is 0 Å². The van der Waals surface area contributed by atoms with Crippen molar-refractivity contribution in [2.45, 2.75) is 11.8 Å². The Balaban J connectivity index is 3.19. The molecule has 0 saturated carbocycles. The molecule has 0 radical (unpaired) electrons. The number of anilines is 1. The Hall–Kier alpha value is -1.20. The molecule has 5 heteroatoms. The molecule has 1 aromatic carbocycles. The first-order valence-electron chi connectivity index (χ1n) is 3.96. The Morgan fingerprint density at radius 3 is 2.50 bits per heavy atom. The molecule has 0 aliphatic rings. The average Bonchev–Trinajstić information content (AvgIpc) is 2.16. The lowest BCUT2D eigenvalue weighted by Crippen LogP contribution is -2.24. The van der Waals surface area contributed by atoms with Crippen molar-refractivity contribution >= 4 is 22.4 Å². The van der Waals surface area contributed by atoms with E-state index in [0.717, 1.165) is 0 Å². The van der Waals surface area contributed by atoms with Gasteiger partial charge in [-0.2, -0.15) is 5.06 Å². The second kappa shape index (κ2) is 4.34. The van der Waals surface area contributed by atoms with Gasteiger partial charge in [0.05, 0.1) is 21.4 Å². The molecule has 4 nitrogen and oxygen atoms in total. The number of benzene rings is 1. The summed E-state index contributed by atoms with van der Waals surface area (Å²) in [6.45, 7) is 1.23. The van der Waals surface area contributed by atoms with Gasteiger partial charge in [0, 0.05) is 13.2 Å². The van der Waals surface area contributed by atoms with Crippen LogP contribution in [0, 0.1) is 0 Å². The highest BCUT2D eigenvalue weighted by Crippen LogP contribution is 2.21. The van der Waals surface area contributed by atoms with Gasteiger partial charge in [0.1, 0.15) is 0 Å². The third kappa shape index (κ3) is 2.18. The summed E-state index contributed by atoms with van der Waals surface area (Å²) >= 11 is 0. The van der Waals surface area contributed by atoms with E-state index in [-0.39, 0.29) is 5.69 Å². The highest BCUT2D eigenvalue weighted by atomic mass is 32.2. The molecule has 1 aromatic rings. The molecule has 0 aromatic heterocycles. The molecule has 0 spiro atoms. The summed E-state index contributed by atoms with van der Waals surface area (Å²) in [5.74, 6) is -0.511. The van der Waals surface area contributed by atoms with Crippen molar-refractivity contribution in [2.75, 3.05) is 11.3 Å². The summed E-state index contributed by atoms with van der Waals surface area (Å²) < 4.78 is 11.3. The maximum Gasteiger partial charge on any atom is 0.247 e. The molecule has 0 heterocycles. The fourth-order valence-corrected chi connectivity index (χ4v) is 1.76. The summed E-state index contributed by atoms with van der Waals surface area (Å²) in [7, 11) is -1.23. The highest BCUT2D eigenvalue weighted by molar-refractivity contribution is 7.84. The molecule has 0 aliphatic carbocycles. The van der Waals surface area contributed by atoms with Crippen LogP contribution in [-0.2, 0) is 15.6 Å². The lowest BCUT2D eigenvalue weighted by atomic mass is 10.3. The van der Waals surface area contributed by atoms with Crippen molar-refractivity contribution in [1.29, 1.82) is 0 Å². The minimum Gasteiger partial charge on any atom is -0.281 e. The van der Waals surface area contributed by atoms with Gasteiger partial charge in [-0.25, -0.2) is 0 Å². The zero-order valence-corrected chi connectivity index (χ0v) is 8.75. The number of carbonyl (C=O) groups excluding carboxylic acids is 1. The number of hydrogen-bond acceptors (Lipinski definition) is 3. The van der Waals surface area contributed by atoms with Crippen LogP contribution >= 0.6 is 0 Å². The van der Waals surface area contributed by atoms with Crippen LogP contribution < -0.4 is 5.06 Å². The Morgan fingerprint density at radius 2 is 2.00 bits per heavy atom. The van der Waals surface area contributed by atoms with E-state index in [2.05, 4.69) is 0 Å². The van der Waals surface area contributed by atoms with Crippen LogP contribution in [-0.4, -0.2) is 21.6 Å². The number of nitrogens with zero attached hydrogens (tertiary/aromatic N) is 1. The van der Waals surface area contributed by atoms with Crippen LogP contribution in [0.4, 0.5) is 5.69 Å². The Labute approximate surface area is 84.6 Å². The minimum absolute atomic E-state index is 0.265. The van der Waals surface area contributed by atoms with Gasteiger partial charge < -0.3 is 0 Å². The monoisotopic (exact) mass is 213 g/mol. The number of amides is 1. The predicted molar refractivity (Wildman–Crippen MR) is 53.7 cm³/mol. The molecule has 0 saturated heterocycles. The van der Waals surface area contributed by atoms with E-state index in [9.17, 15) is 14.2 Å². The van der Waals surface area contributed by atoms with Gasteiger partial charge in [-0.3, -0.25) is 14.2 Å². The lowest BCUT2D eigenvalue weighted by Gasteiger charge is -2.15. The third-order valence-corrected chi connectivity index (χ3v) is 2.67. The van der Waals surface area contributed by atoms with E-state index in [0.29, 0.717) is 9.96 Å². The number of hydrogen-bond donors (Lipinski definition) is 1. The van der Waals surface area contributed by atoms with E-state index in [1.54, 1.807) is 18.2 Å². The molecular formula is C9H11NO3S. The van der Waals surface area contributed by atoms with Crippen LogP contribution in [0.5, 0.6) is 0 Å². The van der Waals surface area contributed by atoms with Crippen molar-refractivity contribution in [3.63, 3.8) is 0 Å².